The highest BCUT2D eigenvalue weighted by Gasteiger charge is 2.26. The van der Waals surface area contributed by atoms with E-state index >= 15 is 0 Å². The molecule has 24 heavy (non-hydrogen) atoms. The van der Waals surface area contributed by atoms with Gasteiger partial charge >= 0.3 is 0 Å². The highest BCUT2D eigenvalue weighted by Crippen LogP contribution is 2.38. The van der Waals surface area contributed by atoms with Crippen LogP contribution in [0.25, 0.3) is 11.0 Å². The van der Waals surface area contributed by atoms with Crippen molar-refractivity contribution < 1.29 is 9.84 Å². The Balaban J connectivity index is 1.96. The van der Waals surface area contributed by atoms with Gasteiger partial charge in [-0.3, -0.25) is 9.88 Å². The molecule has 0 aliphatic carbocycles. The van der Waals surface area contributed by atoms with Crippen LogP contribution in [0.5, 0.6) is 11.5 Å². The molecule has 0 fully saturated rings. The minimum atomic E-state index is -0.392. The number of ether oxygens (including phenoxy) is 1. The van der Waals surface area contributed by atoms with E-state index in [1.807, 2.05) is 34.9 Å². The Kier molecular flexibility index (Phi) is 3.48. The fraction of sp³-hybridized carbons (Fsp3) is 0.125. The topological polar surface area (TPSA) is 97.7 Å². The number of aromatic nitrogens is 2. The van der Waals surface area contributed by atoms with Gasteiger partial charge in [0.2, 0.25) is 5.95 Å². The lowest BCUT2D eigenvalue weighted by molar-refractivity contribution is 0.370. The van der Waals surface area contributed by atoms with Gasteiger partial charge in [0.15, 0.2) is 23.6 Å². The summed E-state index contributed by atoms with van der Waals surface area (Å²) in [4.78, 5) is 9.10. The zero-order chi connectivity index (χ0) is 16.8. The molecule has 0 spiro atoms. The Morgan fingerprint density at radius 3 is 2.92 bits per heavy atom. The van der Waals surface area contributed by atoms with Crippen LogP contribution in [0.2, 0.25) is 0 Å². The van der Waals surface area contributed by atoms with Crippen LogP contribution in [0.4, 0.5) is 5.95 Å². The maximum atomic E-state index is 10.1. The van der Waals surface area contributed by atoms with Crippen molar-refractivity contribution in [3.05, 3.63) is 45.5 Å². The molecule has 0 saturated carbocycles. The number of methoxy groups -OCH3 is 1. The predicted octanol–water partition coefficient (Wildman–Crippen LogP) is 2.64. The van der Waals surface area contributed by atoms with Gasteiger partial charge in [0.1, 0.15) is 0 Å². The maximum Gasteiger partial charge on any atom is 0.212 e. The first kappa shape index (κ1) is 15.1. The zero-order valence-electron chi connectivity index (χ0n) is 12.7. The first-order valence-corrected chi connectivity index (χ1v) is 8.30. The van der Waals surface area contributed by atoms with E-state index in [1.54, 1.807) is 6.07 Å². The average molecular weight is 435 g/mol. The molecule has 0 saturated heterocycles. The number of hydrogen-bond acceptors (Lipinski definition) is 6. The van der Waals surface area contributed by atoms with E-state index < -0.39 is 6.17 Å². The number of halogens is 1. The van der Waals surface area contributed by atoms with Gasteiger partial charge in [-0.15, -0.1) is 0 Å². The number of imidazole rings is 1. The zero-order valence-corrected chi connectivity index (χ0v) is 14.9. The standard InChI is InChI=1S/C16H14IN5O2/c1-24-12-7-8(6-9(17)13(12)23)14-20-15(18)21-16-19-10-4-2-3-5-11(10)22(14)16/h2-7,14,23H,1H3,(H3,18,19,20,21). The van der Waals surface area contributed by atoms with Crippen LogP contribution in [0.3, 0.4) is 0 Å². The number of nitrogens with two attached hydrogens (primary N) is 1. The van der Waals surface area contributed by atoms with Crippen molar-refractivity contribution >= 4 is 45.5 Å². The van der Waals surface area contributed by atoms with Crippen molar-refractivity contribution in [2.45, 2.75) is 6.17 Å². The number of rotatable bonds is 2. The minimum Gasteiger partial charge on any atom is -0.504 e. The Morgan fingerprint density at radius 1 is 1.33 bits per heavy atom. The molecule has 1 aliphatic heterocycles. The third kappa shape index (κ3) is 2.25. The summed E-state index contributed by atoms with van der Waals surface area (Å²) in [6, 6.07) is 11.5. The lowest BCUT2D eigenvalue weighted by Gasteiger charge is -2.24. The van der Waals surface area contributed by atoms with Crippen LogP contribution < -0.4 is 15.8 Å². The summed E-state index contributed by atoms with van der Waals surface area (Å²) in [5.74, 6) is 1.44. The van der Waals surface area contributed by atoms with Crippen LogP contribution in [0.15, 0.2) is 41.4 Å². The molecule has 1 aliphatic rings. The number of para-hydroxylation sites is 2. The number of phenols is 1. The van der Waals surface area contributed by atoms with Crippen molar-refractivity contribution in [2.75, 3.05) is 12.4 Å². The van der Waals surface area contributed by atoms with Crippen LogP contribution in [0, 0.1) is 3.57 Å². The van der Waals surface area contributed by atoms with E-state index in [0.717, 1.165) is 16.6 Å². The number of aliphatic imine (C=N–C) groups is 1. The van der Waals surface area contributed by atoms with E-state index in [2.05, 4.69) is 37.9 Å². The molecule has 4 rings (SSSR count). The first-order chi connectivity index (χ1) is 11.6. The molecule has 2 heterocycles. The number of fused-ring (bicyclic) bond motifs is 3. The fourth-order valence-electron chi connectivity index (χ4n) is 2.84. The Hall–Kier alpha value is -2.49. The number of nitrogens with zero attached hydrogens (tertiary/aromatic N) is 3. The number of nitrogens with one attached hydrogen (secondary N) is 1. The van der Waals surface area contributed by atoms with Crippen molar-refractivity contribution in [3.8, 4) is 11.5 Å². The van der Waals surface area contributed by atoms with Crippen LogP contribution in [0.1, 0.15) is 11.7 Å². The number of guanidine groups is 1. The first-order valence-electron chi connectivity index (χ1n) is 7.22. The summed E-state index contributed by atoms with van der Waals surface area (Å²) in [6.45, 7) is 0. The summed E-state index contributed by atoms with van der Waals surface area (Å²) in [6.07, 6.45) is -0.392. The minimum absolute atomic E-state index is 0.114. The quantitative estimate of drug-likeness (QED) is 0.538. The summed E-state index contributed by atoms with van der Waals surface area (Å²) < 4.78 is 7.93. The van der Waals surface area contributed by atoms with E-state index in [-0.39, 0.29) is 5.75 Å². The lowest BCUT2D eigenvalue weighted by Crippen LogP contribution is -2.31. The van der Waals surface area contributed by atoms with Gasteiger partial charge in [0, 0.05) is 5.56 Å². The van der Waals surface area contributed by atoms with Crippen LogP contribution >= 0.6 is 22.6 Å². The van der Waals surface area contributed by atoms with Gasteiger partial charge in [-0.05, 0) is 46.9 Å². The van der Waals surface area contributed by atoms with Gasteiger partial charge < -0.3 is 15.6 Å². The third-order valence-electron chi connectivity index (χ3n) is 3.91. The second kappa shape index (κ2) is 5.55. The van der Waals surface area contributed by atoms with Crippen molar-refractivity contribution in [3.63, 3.8) is 0 Å². The average Bonchev–Trinajstić information content (AvgIpc) is 2.94. The molecule has 7 nitrogen and oxygen atoms in total. The molecule has 3 aromatic rings. The van der Waals surface area contributed by atoms with Gasteiger partial charge in [0.25, 0.3) is 0 Å². The molecule has 0 bridgehead atoms. The van der Waals surface area contributed by atoms with E-state index in [0.29, 0.717) is 21.2 Å². The smallest absolute Gasteiger partial charge is 0.212 e. The molecule has 8 heteroatoms. The SMILES string of the molecule is COc1cc(C2N=C(N)Nc3nc4ccccc4n32)cc(I)c1O. The van der Waals surface area contributed by atoms with Gasteiger partial charge in [-0.25, -0.2) is 9.98 Å². The second-order valence-electron chi connectivity index (χ2n) is 5.36. The normalized spacial score (nSPS) is 16.4. The summed E-state index contributed by atoms with van der Waals surface area (Å²) in [7, 11) is 1.52. The van der Waals surface area contributed by atoms with Crippen LogP contribution in [-0.4, -0.2) is 27.7 Å². The van der Waals surface area contributed by atoms with Gasteiger partial charge in [0.05, 0.1) is 21.7 Å². The number of hydrogen-bond donors (Lipinski definition) is 3. The molecular formula is C16H14IN5O2. The Bertz CT molecular complexity index is 982. The van der Waals surface area contributed by atoms with Crippen molar-refractivity contribution in [1.29, 1.82) is 0 Å². The molecule has 0 amide bonds. The number of benzene rings is 2. The highest BCUT2D eigenvalue weighted by molar-refractivity contribution is 14.1. The molecule has 1 unspecified atom stereocenters. The molecule has 4 N–H and O–H groups in total. The predicted molar refractivity (Wildman–Crippen MR) is 100 cm³/mol. The third-order valence-corrected chi connectivity index (χ3v) is 4.73. The summed E-state index contributed by atoms with van der Waals surface area (Å²) in [5.41, 5.74) is 8.59. The fourth-order valence-corrected chi connectivity index (χ4v) is 3.46. The molecule has 2 aromatic carbocycles. The molecule has 1 aromatic heterocycles. The number of phenolic OH excluding ortho intramolecular Hbond substituents is 1. The van der Waals surface area contributed by atoms with Gasteiger partial charge in [-0.1, -0.05) is 12.1 Å². The monoisotopic (exact) mass is 435 g/mol. The van der Waals surface area contributed by atoms with Crippen molar-refractivity contribution in [1.82, 2.24) is 9.55 Å². The molecule has 1 atom stereocenters. The molecular weight excluding hydrogens is 421 g/mol. The lowest BCUT2D eigenvalue weighted by atomic mass is 10.1. The van der Waals surface area contributed by atoms with E-state index in [9.17, 15) is 5.11 Å². The van der Waals surface area contributed by atoms with Crippen LogP contribution in [-0.2, 0) is 0 Å². The highest BCUT2D eigenvalue weighted by atomic mass is 127. The summed E-state index contributed by atoms with van der Waals surface area (Å²) in [5, 5.41) is 13.1. The van der Waals surface area contributed by atoms with E-state index in [1.165, 1.54) is 7.11 Å². The van der Waals surface area contributed by atoms with E-state index in [4.69, 9.17) is 10.5 Å². The second-order valence-corrected chi connectivity index (χ2v) is 6.52. The number of aromatic hydroxyl groups is 1. The maximum absolute atomic E-state index is 10.1. The molecule has 122 valence electrons. The summed E-state index contributed by atoms with van der Waals surface area (Å²) >= 11 is 2.07. The Labute approximate surface area is 151 Å². The van der Waals surface area contributed by atoms with Gasteiger partial charge in [-0.2, -0.15) is 0 Å². The van der Waals surface area contributed by atoms with Crippen molar-refractivity contribution in [2.24, 2.45) is 10.7 Å². The Morgan fingerprint density at radius 2 is 2.12 bits per heavy atom. The molecule has 0 radical (unpaired) electrons. The largest absolute Gasteiger partial charge is 0.504 e. The number of anilines is 1.